The Balaban J connectivity index is 1.92. The Hall–Kier alpha value is -2.15. The first-order chi connectivity index (χ1) is 12.5. The van der Waals surface area contributed by atoms with Crippen LogP contribution in [0.2, 0.25) is 10.0 Å². The van der Waals surface area contributed by atoms with Crippen LogP contribution in [0.4, 0.5) is 5.69 Å². The molecule has 0 aromatic heterocycles. The van der Waals surface area contributed by atoms with E-state index in [1.807, 2.05) is 0 Å². The zero-order valence-corrected chi connectivity index (χ0v) is 16.2. The molecule has 2 aromatic carbocycles. The molecule has 0 bridgehead atoms. The highest BCUT2D eigenvalue weighted by molar-refractivity contribution is 8.18. The summed E-state index contributed by atoms with van der Waals surface area (Å²) in [5.41, 5.74) is 1.22. The number of methoxy groups -OCH3 is 2. The molecule has 0 spiro atoms. The largest absolute Gasteiger partial charge is 0.497 e. The molecular weight excluding hydrogens is 395 g/mol. The lowest BCUT2D eigenvalue weighted by atomic mass is 10.1. The van der Waals surface area contributed by atoms with Gasteiger partial charge in [0.05, 0.1) is 34.9 Å². The number of rotatable bonds is 4. The monoisotopic (exact) mass is 408 g/mol. The van der Waals surface area contributed by atoms with Gasteiger partial charge in [-0.15, -0.1) is 0 Å². The van der Waals surface area contributed by atoms with Crippen LogP contribution in [-0.2, 0) is 4.79 Å². The Bertz CT molecular complexity index is 929. The number of nitrogens with one attached hydrogen (secondary N) is 1. The van der Waals surface area contributed by atoms with Crippen molar-refractivity contribution in [1.29, 1.82) is 0 Å². The third-order valence-corrected chi connectivity index (χ3v) is 5.25. The van der Waals surface area contributed by atoms with Gasteiger partial charge in [-0.3, -0.25) is 4.79 Å². The maximum absolute atomic E-state index is 12.3. The maximum atomic E-state index is 12.3. The van der Waals surface area contributed by atoms with Crippen LogP contribution in [0, 0.1) is 0 Å². The Morgan fingerprint density at radius 3 is 2.69 bits per heavy atom. The third-order valence-electron chi connectivity index (χ3n) is 3.53. The first-order valence-electron chi connectivity index (χ1n) is 7.47. The van der Waals surface area contributed by atoms with E-state index in [1.54, 1.807) is 56.7 Å². The molecule has 1 amide bonds. The van der Waals surface area contributed by atoms with E-state index in [0.717, 1.165) is 5.56 Å². The normalized spacial score (nSPS) is 16.8. The van der Waals surface area contributed by atoms with Crippen molar-refractivity contribution in [3.8, 4) is 11.5 Å². The smallest absolute Gasteiger partial charge is 0.264 e. The van der Waals surface area contributed by atoms with Crippen molar-refractivity contribution in [3.05, 3.63) is 56.9 Å². The van der Waals surface area contributed by atoms with Crippen LogP contribution in [0.15, 0.2) is 46.3 Å². The van der Waals surface area contributed by atoms with Gasteiger partial charge in [0.2, 0.25) is 0 Å². The highest BCUT2D eigenvalue weighted by atomic mass is 35.5. The van der Waals surface area contributed by atoms with E-state index in [2.05, 4.69) is 10.3 Å². The van der Waals surface area contributed by atoms with Crippen molar-refractivity contribution >= 4 is 57.8 Å². The van der Waals surface area contributed by atoms with Crippen molar-refractivity contribution in [2.24, 2.45) is 4.99 Å². The summed E-state index contributed by atoms with van der Waals surface area (Å²) in [4.78, 5) is 17.1. The number of ether oxygens (including phenoxy) is 2. The fourth-order valence-electron chi connectivity index (χ4n) is 2.26. The Morgan fingerprint density at radius 1 is 1.15 bits per heavy atom. The van der Waals surface area contributed by atoms with Crippen LogP contribution in [0.5, 0.6) is 11.5 Å². The van der Waals surface area contributed by atoms with Gasteiger partial charge in [-0.2, -0.15) is 0 Å². The van der Waals surface area contributed by atoms with E-state index in [4.69, 9.17) is 32.7 Å². The predicted octanol–water partition coefficient (Wildman–Crippen LogP) is 4.90. The lowest BCUT2D eigenvalue weighted by molar-refractivity contribution is -0.115. The molecule has 0 atom stereocenters. The maximum Gasteiger partial charge on any atom is 0.264 e. The van der Waals surface area contributed by atoms with Crippen molar-refractivity contribution in [3.63, 3.8) is 0 Å². The summed E-state index contributed by atoms with van der Waals surface area (Å²) in [7, 11) is 3.15. The Labute approximate surface area is 165 Å². The molecule has 3 rings (SSSR count). The highest BCUT2D eigenvalue weighted by Crippen LogP contribution is 2.35. The summed E-state index contributed by atoms with van der Waals surface area (Å²) in [6.07, 6.45) is 1.73. The molecule has 0 radical (unpaired) electrons. The summed E-state index contributed by atoms with van der Waals surface area (Å²) in [6, 6.07) is 10.5. The minimum absolute atomic E-state index is 0.253. The van der Waals surface area contributed by atoms with E-state index < -0.39 is 0 Å². The van der Waals surface area contributed by atoms with Gasteiger partial charge in [0.1, 0.15) is 11.5 Å². The van der Waals surface area contributed by atoms with Gasteiger partial charge >= 0.3 is 0 Å². The van der Waals surface area contributed by atoms with Crippen molar-refractivity contribution in [2.45, 2.75) is 0 Å². The van der Waals surface area contributed by atoms with E-state index in [9.17, 15) is 4.79 Å². The molecular formula is C18H14Cl2N2O3S. The first kappa shape index (κ1) is 18.6. The van der Waals surface area contributed by atoms with Crippen LogP contribution >= 0.6 is 35.0 Å². The molecule has 0 aliphatic carbocycles. The van der Waals surface area contributed by atoms with E-state index in [0.29, 0.717) is 37.3 Å². The number of halogens is 2. The number of hydrogen-bond acceptors (Lipinski definition) is 5. The number of hydrogen-bond donors (Lipinski definition) is 1. The standard InChI is InChI=1S/C18H14Cl2N2O3S/c1-24-11-6-7-14(25-2)10(8-11)9-15-17(23)22-18(26-15)21-13-5-3-4-12(19)16(13)20/h3-9H,1-2H3,(H,21,22,23)/b15-9-. The second-order valence-corrected chi connectivity index (χ2v) is 6.98. The number of carbonyl (C=O) groups is 1. The second-order valence-electron chi connectivity index (χ2n) is 5.16. The molecule has 1 heterocycles. The molecule has 1 aliphatic rings. The van der Waals surface area contributed by atoms with Crippen LogP contribution in [0.25, 0.3) is 6.08 Å². The fourth-order valence-corrected chi connectivity index (χ4v) is 3.43. The average Bonchev–Trinajstić information content (AvgIpc) is 2.98. The van der Waals surface area contributed by atoms with Gasteiger partial charge in [-0.25, -0.2) is 4.99 Å². The van der Waals surface area contributed by atoms with E-state index in [1.165, 1.54) is 11.8 Å². The second kappa shape index (κ2) is 8.03. The van der Waals surface area contributed by atoms with Crippen molar-refractivity contribution in [1.82, 2.24) is 5.32 Å². The van der Waals surface area contributed by atoms with Crippen LogP contribution in [0.3, 0.4) is 0 Å². The van der Waals surface area contributed by atoms with Crippen molar-refractivity contribution in [2.75, 3.05) is 14.2 Å². The SMILES string of the molecule is COc1ccc(OC)c(/C=C2\SC(=Nc3cccc(Cl)c3Cl)NC2=O)c1. The van der Waals surface area contributed by atoms with Gasteiger partial charge in [0.25, 0.3) is 5.91 Å². The molecule has 0 unspecified atom stereocenters. The number of nitrogens with zero attached hydrogens (tertiary/aromatic N) is 1. The predicted molar refractivity (Wildman–Crippen MR) is 107 cm³/mol. The number of carbonyl (C=O) groups excluding carboxylic acids is 1. The van der Waals surface area contributed by atoms with Crippen LogP contribution in [0.1, 0.15) is 5.56 Å². The third kappa shape index (κ3) is 3.98. The number of amidine groups is 1. The van der Waals surface area contributed by atoms with E-state index >= 15 is 0 Å². The molecule has 1 saturated heterocycles. The van der Waals surface area contributed by atoms with E-state index in [-0.39, 0.29) is 5.91 Å². The molecule has 134 valence electrons. The highest BCUT2D eigenvalue weighted by Gasteiger charge is 2.24. The number of benzene rings is 2. The zero-order chi connectivity index (χ0) is 18.7. The lowest BCUT2D eigenvalue weighted by Crippen LogP contribution is -2.19. The summed E-state index contributed by atoms with van der Waals surface area (Å²) >= 11 is 13.3. The molecule has 1 N–H and O–H groups in total. The van der Waals surface area contributed by atoms with Crippen molar-refractivity contribution < 1.29 is 14.3 Å². The average molecular weight is 409 g/mol. The fraction of sp³-hybridized carbons (Fsp3) is 0.111. The number of amides is 1. The Morgan fingerprint density at radius 2 is 1.96 bits per heavy atom. The van der Waals surface area contributed by atoms with Crippen LogP contribution < -0.4 is 14.8 Å². The first-order valence-corrected chi connectivity index (χ1v) is 9.04. The molecule has 5 nitrogen and oxygen atoms in total. The topological polar surface area (TPSA) is 59.9 Å². The molecule has 1 fully saturated rings. The number of aliphatic imine (C=N–C) groups is 1. The molecule has 2 aromatic rings. The lowest BCUT2D eigenvalue weighted by Gasteiger charge is -2.07. The molecule has 26 heavy (non-hydrogen) atoms. The van der Waals surface area contributed by atoms with Gasteiger partial charge in [0, 0.05) is 5.56 Å². The van der Waals surface area contributed by atoms with Gasteiger partial charge in [0.15, 0.2) is 5.17 Å². The van der Waals surface area contributed by atoms with Gasteiger partial charge in [-0.05, 0) is 48.2 Å². The molecule has 1 aliphatic heterocycles. The minimum Gasteiger partial charge on any atom is -0.497 e. The number of thioether (sulfide) groups is 1. The summed E-state index contributed by atoms with van der Waals surface area (Å²) in [5.74, 6) is 1.05. The summed E-state index contributed by atoms with van der Waals surface area (Å²) < 4.78 is 10.6. The Kier molecular flexibility index (Phi) is 5.76. The quantitative estimate of drug-likeness (QED) is 0.730. The molecule has 8 heteroatoms. The summed E-state index contributed by atoms with van der Waals surface area (Å²) in [6.45, 7) is 0. The van der Waals surface area contributed by atoms with Gasteiger partial charge in [-0.1, -0.05) is 29.3 Å². The summed E-state index contributed by atoms with van der Waals surface area (Å²) in [5, 5.41) is 3.88. The van der Waals surface area contributed by atoms with Crippen LogP contribution in [-0.4, -0.2) is 25.3 Å². The minimum atomic E-state index is -0.253. The van der Waals surface area contributed by atoms with Gasteiger partial charge < -0.3 is 14.8 Å². The molecule has 0 saturated carbocycles. The zero-order valence-electron chi connectivity index (χ0n) is 13.9.